The molecule has 0 heterocycles. The van der Waals surface area contributed by atoms with E-state index in [9.17, 15) is 4.79 Å². The molecular formula is C13H9Br2ClN2O. The van der Waals surface area contributed by atoms with Crippen molar-refractivity contribution in [1.82, 2.24) is 0 Å². The van der Waals surface area contributed by atoms with Crippen molar-refractivity contribution < 1.29 is 4.79 Å². The minimum Gasteiger partial charge on any atom is -0.399 e. The fourth-order valence-corrected chi connectivity index (χ4v) is 2.44. The molecule has 0 bridgehead atoms. The molecule has 0 atom stereocenters. The van der Waals surface area contributed by atoms with Crippen molar-refractivity contribution in [3.8, 4) is 0 Å². The number of rotatable bonds is 2. The van der Waals surface area contributed by atoms with E-state index >= 15 is 0 Å². The third kappa shape index (κ3) is 3.49. The lowest BCUT2D eigenvalue weighted by molar-refractivity contribution is 0.102. The van der Waals surface area contributed by atoms with E-state index in [0.717, 1.165) is 4.47 Å². The molecule has 2 aromatic carbocycles. The summed E-state index contributed by atoms with van der Waals surface area (Å²) in [5.41, 5.74) is 7.33. The van der Waals surface area contributed by atoms with Gasteiger partial charge in [-0.2, -0.15) is 0 Å². The Morgan fingerprint density at radius 1 is 1.11 bits per heavy atom. The number of halogens is 3. The minimum atomic E-state index is -0.263. The molecule has 0 radical (unpaired) electrons. The van der Waals surface area contributed by atoms with Gasteiger partial charge in [0, 0.05) is 19.7 Å². The lowest BCUT2D eigenvalue weighted by Crippen LogP contribution is -2.13. The maximum Gasteiger partial charge on any atom is 0.256 e. The van der Waals surface area contributed by atoms with Crippen LogP contribution in [-0.2, 0) is 0 Å². The van der Waals surface area contributed by atoms with Crippen molar-refractivity contribution in [3.63, 3.8) is 0 Å². The largest absolute Gasteiger partial charge is 0.399 e. The summed E-state index contributed by atoms with van der Waals surface area (Å²) in [6.45, 7) is 0. The molecule has 0 saturated carbocycles. The first-order chi connectivity index (χ1) is 8.97. The van der Waals surface area contributed by atoms with Gasteiger partial charge < -0.3 is 11.1 Å². The van der Waals surface area contributed by atoms with Gasteiger partial charge in [-0.05, 0) is 68.3 Å². The van der Waals surface area contributed by atoms with Crippen LogP contribution in [0, 0.1) is 0 Å². The Morgan fingerprint density at radius 2 is 1.79 bits per heavy atom. The van der Waals surface area contributed by atoms with Gasteiger partial charge >= 0.3 is 0 Å². The molecule has 0 aliphatic heterocycles. The Balaban J connectivity index is 2.30. The van der Waals surface area contributed by atoms with E-state index in [1.165, 1.54) is 0 Å². The van der Waals surface area contributed by atoms with Crippen LogP contribution in [0.25, 0.3) is 0 Å². The lowest BCUT2D eigenvalue weighted by Gasteiger charge is -2.09. The van der Waals surface area contributed by atoms with Crippen LogP contribution in [0.2, 0.25) is 5.02 Å². The van der Waals surface area contributed by atoms with Crippen molar-refractivity contribution in [2.45, 2.75) is 0 Å². The first-order valence-corrected chi connectivity index (χ1v) is 7.25. The van der Waals surface area contributed by atoms with Gasteiger partial charge in [0.15, 0.2) is 0 Å². The van der Waals surface area contributed by atoms with E-state index in [2.05, 4.69) is 37.2 Å². The van der Waals surface area contributed by atoms with E-state index in [1.54, 1.807) is 36.4 Å². The summed E-state index contributed by atoms with van der Waals surface area (Å²) in [4.78, 5) is 12.2. The summed E-state index contributed by atoms with van der Waals surface area (Å²) in [6, 6.07) is 10.2. The highest BCUT2D eigenvalue weighted by Crippen LogP contribution is 2.27. The molecule has 0 aliphatic rings. The fraction of sp³-hybridized carbons (Fsp3) is 0. The average molecular weight is 404 g/mol. The number of nitrogens with one attached hydrogen (secondary N) is 1. The van der Waals surface area contributed by atoms with Crippen LogP contribution in [0.3, 0.4) is 0 Å². The Bertz CT molecular complexity index is 647. The van der Waals surface area contributed by atoms with E-state index in [-0.39, 0.29) is 5.91 Å². The topological polar surface area (TPSA) is 55.1 Å². The van der Waals surface area contributed by atoms with E-state index in [1.807, 2.05) is 0 Å². The predicted molar refractivity (Wildman–Crippen MR) is 85.7 cm³/mol. The predicted octanol–water partition coefficient (Wildman–Crippen LogP) is 4.70. The number of carbonyl (C=O) groups excluding carboxylic acids is 1. The highest BCUT2D eigenvalue weighted by molar-refractivity contribution is 9.11. The number of carbonyl (C=O) groups is 1. The quantitative estimate of drug-likeness (QED) is 0.713. The number of nitrogen functional groups attached to an aromatic ring is 1. The van der Waals surface area contributed by atoms with Gasteiger partial charge in [-0.1, -0.05) is 11.6 Å². The van der Waals surface area contributed by atoms with Crippen molar-refractivity contribution in [1.29, 1.82) is 0 Å². The molecule has 3 N–H and O–H groups in total. The van der Waals surface area contributed by atoms with Crippen LogP contribution in [0.4, 0.5) is 11.4 Å². The Hall–Kier alpha value is -1.04. The van der Waals surface area contributed by atoms with Crippen LogP contribution < -0.4 is 11.1 Å². The summed E-state index contributed by atoms with van der Waals surface area (Å²) in [5, 5.41) is 3.28. The average Bonchev–Trinajstić information content (AvgIpc) is 2.36. The monoisotopic (exact) mass is 402 g/mol. The molecule has 19 heavy (non-hydrogen) atoms. The summed E-state index contributed by atoms with van der Waals surface area (Å²) < 4.78 is 1.43. The third-order valence-corrected chi connectivity index (χ3v) is 4.03. The van der Waals surface area contributed by atoms with Crippen LogP contribution in [0.1, 0.15) is 10.4 Å². The third-order valence-electron chi connectivity index (χ3n) is 2.41. The molecule has 98 valence electrons. The zero-order valence-corrected chi connectivity index (χ0v) is 13.5. The van der Waals surface area contributed by atoms with Crippen molar-refractivity contribution in [2.75, 3.05) is 11.1 Å². The van der Waals surface area contributed by atoms with Crippen LogP contribution in [0.15, 0.2) is 45.3 Å². The van der Waals surface area contributed by atoms with Gasteiger partial charge in [-0.3, -0.25) is 4.79 Å². The Labute approximate surface area is 132 Å². The number of amides is 1. The summed E-state index contributed by atoms with van der Waals surface area (Å²) in [6.07, 6.45) is 0. The zero-order chi connectivity index (χ0) is 14.0. The number of hydrogen-bond acceptors (Lipinski definition) is 2. The summed E-state index contributed by atoms with van der Waals surface area (Å²) in [7, 11) is 0. The second-order valence-electron chi connectivity index (χ2n) is 3.82. The lowest BCUT2D eigenvalue weighted by atomic mass is 10.2. The molecule has 1 amide bonds. The molecule has 0 fully saturated rings. The maximum atomic E-state index is 12.2. The minimum absolute atomic E-state index is 0.263. The molecule has 0 aliphatic carbocycles. The standard InChI is InChI=1S/C13H9Br2ClN2O/c14-10-3-1-7(16)5-9(10)13(19)18-12-6-8(17)2-4-11(12)15/h1-6H,17H2,(H,18,19). The molecule has 0 spiro atoms. The van der Waals surface area contributed by atoms with Gasteiger partial charge in [0.1, 0.15) is 0 Å². The molecule has 3 nitrogen and oxygen atoms in total. The molecule has 0 aromatic heterocycles. The molecule has 0 unspecified atom stereocenters. The second kappa shape index (κ2) is 5.94. The zero-order valence-electron chi connectivity index (χ0n) is 9.58. The number of hydrogen-bond donors (Lipinski definition) is 2. The molecule has 2 rings (SSSR count). The van der Waals surface area contributed by atoms with E-state index in [4.69, 9.17) is 17.3 Å². The van der Waals surface area contributed by atoms with E-state index < -0.39 is 0 Å². The van der Waals surface area contributed by atoms with Crippen LogP contribution in [0.5, 0.6) is 0 Å². The second-order valence-corrected chi connectivity index (χ2v) is 5.96. The van der Waals surface area contributed by atoms with Crippen LogP contribution in [-0.4, -0.2) is 5.91 Å². The number of anilines is 2. The van der Waals surface area contributed by atoms with Crippen molar-refractivity contribution >= 4 is 60.7 Å². The van der Waals surface area contributed by atoms with Gasteiger partial charge in [0.05, 0.1) is 11.3 Å². The first-order valence-electron chi connectivity index (χ1n) is 5.29. The summed E-state index contributed by atoms with van der Waals surface area (Å²) in [5.74, 6) is -0.263. The number of nitrogens with two attached hydrogens (primary N) is 1. The molecular weight excluding hydrogens is 395 g/mol. The smallest absolute Gasteiger partial charge is 0.256 e. The summed E-state index contributed by atoms with van der Waals surface area (Å²) >= 11 is 12.6. The van der Waals surface area contributed by atoms with E-state index in [0.29, 0.717) is 26.4 Å². The highest BCUT2D eigenvalue weighted by Gasteiger charge is 2.12. The Kier molecular flexibility index (Phi) is 4.50. The number of benzene rings is 2. The van der Waals surface area contributed by atoms with Crippen LogP contribution >= 0.6 is 43.5 Å². The van der Waals surface area contributed by atoms with Gasteiger partial charge in [0.2, 0.25) is 0 Å². The first kappa shape index (κ1) is 14.4. The fourth-order valence-electron chi connectivity index (χ4n) is 1.50. The molecule has 6 heteroatoms. The molecule has 2 aromatic rings. The van der Waals surface area contributed by atoms with Crippen molar-refractivity contribution in [2.24, 2.45) is 0 Å². The molecule has 0 saturated heterocycles. The maximum absolute atomic E-state index is 12.2. The highest BCUT2D eigenvalue weighted by atomic mass is 79.9. The van der Waals surface area contributed by atoms with Gasteiger partial charge in [0.25, 0.3) is 5.91 Å². The van der Waals surface area contributed by atoms with Crippen molar-refractivity contribution in [3.05, 3.63) is 55.9 Å². The van der Waals surface area contributed by atoms with Gasteiger partial charge in [-0.25, -0.2) is 0 Å². The SMILES string of the molecule is Nc1ccc(Br)c(NC(=O)c2cc(Cl)ccc2Br)c1. The Morgan fingerprint density at radius 3 is 2.53 bits per heavy atom. The normalized spacial score (nSPS) is 10.3. The van der Waals surface area contributed by atoms with Gasteiger partial charge in [-0.15, -0.1) is 0 Å².